The van der Waals surface area contributed by atoms with Gasteiger partial charge in [-0.2, -0.15) is 0 Å². The Morgan fingerprint density at radius 2 is 1.67 bits per heavy atom. The van der Waals surface area contributed by atoms with E-state index in [0.29, 0.717) is 0 Å². The number of piperidine rings is 1. The summed E-state index contributed by atoms with van der Waals surface area (Å²) in [6, 6.07) is 0. The van der Waals surface area contributed by atoms with Crippen molar-refractivity contribution in [1.29, 1.82) is 0 Å². The van der Waals surface area contributed by atoms with Gasteiger partial charge in [0, 0.05) is 7.11 Å². The summed E-state index contributed by atoms with van der Waals surface area (Å²) in [5.41, 5.74) is 0. The summed E-state index contributed by atoms with van der Waals surface area (Å²) < 4.78 is 0. The van der Waals surface area contributed by atoms with Crippen molar-refractivity contribution in [3.8, 4) is 0 Å². The molecule has 0 spiro atoms. The maximum absolute atomic E-state index is 8.87. The lowest BCUT2D eigenvalue weighted by molar-refractivity contribution is 0.137. The van der Waals surface area contributed by atoms with E-state index in [0.717, 1.165) is 33.0 Å². The minimum Gasteiger partial charge on any atom is -0.400 e. The molecule has 0 radical (unpaired) electrons. The van der Waals surface area contributed by atoms with Crippen LogP contribution in [0.15, 0.2) is 0 Å². The molecule has 3 nitrogen and oxygen atoms in total. The van der Waals surface area contributed by atoms with Crippen LogP contribution < -0.4 is 5.32 Å². The Bertz CT molecular complexity index is 53.0. The molecule has 1 heterocycles. The molecule has 0 aromatic rings. The Morgan fingerprint density at radius 3 is 1.89 bits per heavy atom. The highest BCUT2D eigenvalue weighted by molar-refractivity contribution is 4.65. The van der Waals surface area contributed by atoms with E-state index in [2.05, 4.69) is 5.32 Å². The number of rotatable bonds is 0. The summed E-state index contributed by atoms with van der Waals surface area (Å²) in [6.07, 6.45) is 1.83. The molecule has 9 heavy (non-hydrogen) atoms. The molecule has 0 aromatic heterocycles. The van der Waals surface area contributed by atoms with Gasteiger partial charge in [0.15, 0.2) is 0 Å². The van der Waals surface area contributed by atoms with Crippen LogP contribution >= 0.6 is 0 Å². The minimum absolute atomic E-state index is 0.0266. The monoisotopic (exact) mass is 133 g/mol. The van der Waals surface area contributed by atoms with Crippen LogP contribution in [0.4, 0.5) is 0 Å². The van der Waals surface area contributed by atoms with E-state index in [9.17, 15) is 0 Å². The van der Waals surface area contributed by atoms with Crippen LogP contribution in [-0.4, -0.2) is 36.5 Å². The van der Waals surface area contributed by atoms with Gasteiger partial charge in [-0.3, -0.25) is 0 Å². The van der Waals surface area contributed by atoms with E-state index in [1.54, 1.807) is 0 Å². The summed E-state index contributed by atoms with van der Waals surface area (Å²) in [7, 11) is 1.00. The summed E-state index contributed by atoms with van der Waals surface area (Å²) in [5.74, 6) is 0. The molecular weight excluding hydrogens is 118 g/mol. The van der Waals surface area contributed by atoms with Crippen molar-refractivity contribution in [1.82, 2.24) is 5.32 Å². The van der Waals surface area contributed by atoms with E-state index in [1.807, 2.05) is 0 Å². The van der Waals surface area contributed by atoms with Crippen LogP contribution in [0.25, 0.3) is 0 Å². The van der Waals surface area contributed by atoms with Crippen LogP contribution in [0.2, 0.25) is 0 Å². The molecule has 0 bridgehead atoms. The van der Waals surface area contributed by atoms with Gasteiger partial charge in [0.1, 0.15) is 0 Å². The second-order valence-electron chi connectivity index (χ2n) is 1.98. The van der Waals surface area contributed by atoms with E-state index in [4.69, 9.17) is 10.2 Å². The average Bonchev–Trinajstić information content (AvgIpc) is 1.94. The summed E-state index contributed by atoms with van der Waals surface area (Å²) in [4.78, 5) is 0. The van der Waals surface area contributed by atoms with E-state index >= 15 is 0 Å². The summed E-state index contributed by atoms with van der Waals surface area (Å²) in [6.45, 7) is 1.97. The van der Waals surface area contributed by atoms with Gasteiger partial charge in [-0.25, -0.2) is 0 Å². The van der Waals surface area contributed by atoms with Gasteiger partial charge in [0.25, 0.3) is 0 Å². The lowest BCUT2D eigenvalue weighted by Gasteiger charge is -2.16. The normalized spacial score (nSPS) is 20.3. The number of hydrogen-bond acceptors (Lipinski definition) is 3. The Morgan fingerprint density at radius 1 is 1.22 bits per heavy atom. The Kier molecular flexibility index (Phi) is 5.93. The maximum atomic E-state index is 8.87. The fourth-order valence-corrected chi connectivity index (χ4v) is 0.807. The highest BCUT2D eigenvalue weighted by Gasteiger charge is 2.06. The molecule has 0 aromatic carbocycles. The van der Waals surface area contributed by atoms with Crippen molar-refractivity contribution in [3.63, 3.8) is 0 Å². The quantitative estimate of drug-likeness (QED) is 0.411. The molecule has 3 heteroatoms. The van der Waals surface area contributed by atoms with Crippen molar-refractivity contribution in [3.05, 3.63) is 0 Å². The number of aliphatic hydroxyl groups excluding tert-OH is 2. The topological polar surface area (TPSA) is 52.5 Å². The zero-order chi connectivity index (χ0) is 7.11. The first-order chi connectivity index (χ1) is 4.39. The molecule has 3 N–H and O–H groups in total. The second kappa shape index (κ2) is 6.01. The first kappa shape index (κ1) is 8.88. The molecule has 0 aliphatic carbocycles. The van der Waals surface area contributed by atoms with Crippen LogP contribution in [0, 0.1) is 0 Å². The first-order valence-corrected chi connectivity index (χ1v) is 3.23. The molecule has 0 saturated carbocycles. The zero-order valence-electron chi connectivity index (χ0n) is 5.80. The molecule has 0 amide bonds. The van der Waals surface area contributed by atoms with Crippen LogP contribution in [0.3, 0.4) is 0 Å². The maximum Gasteiger partial charge on any atom is 0.0564 e. The highest BCUT2D eigenvalue weighted by Crippen LogP contribution is 1.99. The van der Waals surface area contributed by atoms with Crippen LogP contribution in [-0.2, 0) is 0 Å². The molecule has 1 rings (SSSR count). The third-order valence-corrected chi connectivity index (χ3v) is 1.31. The number of aliphatic hydroxyl groups is 2. The zero-order valence-corrected chi connectivity index (χ0v) is 5.80. The Hall–Kier alpha value is -0.120. The SMILES string of the molecule is CO.OC1CCNCC1. The van der Waals surface area contributed by atoms with Gasteiger partial charge in [-0.15, -0.1) is 0 Å². The molecule has 1 fully saturated rings. The predicted octanol–water partition coefficient (Wildman–Crippen LogP) is -0.661. The standard InChI is InChI=1S/C5H11NO.CH4O/c7-5-1-3-6-4-2-5;1-2/h5-7H,1-4H2;2H,1H3. The van der Waals surface area contributed by atoms with E-state index in [-0.39, 0.29) is 6.10 Å². The summed E-state index contributed by atoms with van der Waals surface area (Å²) >= 11 is 0. The third kappa shape index (κ3) is 4.39. The van der Waals surface area contributed by atoms with Crippen molar-refractivity contribution in [2.45, 2.75) is 18.9 Å². The predicted molar refractivity (Wildman–Crippen MR) is 36.3 cm³/mol. The molecular formula is C6H15NO2. The lowest BCUT2D eigenvalue weighted by atomic mass is 10.1. The van der Waals surface area contributed by atoms with Gasteiger partial charge in [-0.1, -0.05) is 0 Å². The average molecular weight is 133 g/mol. The number of hydrogen-bond donors (Lipinski definition) is 3. The first-order valence-electron chi connectivity index (χ1n) is 3.23. The van der Waals surface area contributed by atoms with Gasteiger partial charge in [0.2, 0.25) is 0 Å². The van der Waals surface area contributed by atoms with Crippen molar-refractivity contribution in [2.24, 2.45) is 0 Å². The molecule has 0 unspecified atom stereocenters. The van der Waals surface area contributed by atoms with Crippen LogP contribution in [0.5, 0.6) is 0 Å². The van der Waals surface area contributed by atoms with Crippen molar-refractivity contribution >= 4 is 0 Å². The second-order valence-corrected chi connectivity index (χ2v) is 1.98. The van der Waals surface area contributed by atoms with E-state index < -0.39 is 0 Å². The number of nitrogens with one attached hydrogen (secondary N) is 1. The third-order valence-electron chi connectivity index (χ3n) is 1.31. The molecule has 1 saturated heterocycles. The van der Waals surface area contributed by atoms with Gasteiger partial charge in [-0.05, 0) is 25.9 Å². The Labute approximate surface area is 55.7 Å². The van der Waals surface area contributed by atoms with Crippen molar-refractivity contribution < 1.29 is 10.2 Å². The van der Waals surface area contributed by atoms with Gasteiger partial charge >= 0.3 is 0 Å². The fraction of sp³-hybridized carbons (Fsp3) is 1.00. The van der Waals surface area contributed by atoms with E-state index in [1.165, 1.54) is 0 Å². The molecule has 1 aliphatic heterocycles. The minimum atomic E-state index is -0.0266. The fourth-order valence-electron chi connectivity index (χ4n) is 0.807. The highest BCUT2D eigenvalue weighted by atomic mass is 16.3. The van der Waals surface area contributed by atoms with Crippen molar-refractivity contribution in [2.75, 3.05) is 20.2 Å². The smallest absolute Gasteiger partial charge is 0.0564 e. The largest absolute Gasteiger partial charge is 0.400 e. The molecule has 1 aliphatic rings. The Balaban J connectivity index is 0.000000291. The summed E-state index contributed by atoms with van der Waals surface area (Å²) in [5, 5.41) is 19.0. The molecule has 56 valence electrons. The van der Waals surface area contributed by atoms with Gasteiger partial charge < -0.3 is 15.5 Å². The van der Waals surface area contributed by atoms with Gasteiger partial charge in [0.05, 0.1) is 6.10 Å². The van der Waals surface area contributed by atoms with Crippen LogP contribution in [0.1, 0.15) is 12.8 Å². The lowest BCUT2D eigenvalue weighted by Crippen LogP contribution is -2.30. The molecule has 0 atom stereocenters.